The average molecular weight is 362 g/mol. The number of nitrogens with zero attached hydrogens (tertiary/aromatic N) is 4. The molecule has 1 aromatic carbocycles. The molecule has 0 spiro atoms. The van der Waals surface area contributed by atoms with E-state index in [0.717, 1.165) is 44.2 Å². The van der Waals surface area contributed by atoms with Crippen LogP contribution in [0.15, 0.2) is 24.3 Å². The lowest BCUT2D eigenvalue weighted by atomic mass is 10.2. The molecule has 5 nitrogen and oxygen atoms in total. The molecular weight excluding hydrogens is 339 g/mol. The minimum Gasteiger partial charge on any atom is -0.376 e. The van der Waals surface area contributed by atoms with E-state index in [1.807, 2.05) is 17.8 Å². The Morgan fingerprint density at radius 2 is 2.20 bits per heavy atom. The number of thioether (sulfide) groups is 1. The third kappa shape index (κ3) is 3.53. The van der Waals surface area contributed by atoms with E-state index >= 15 is 0 Å². The number of benzene rings is 1. The molecule has 7 heteroatoms. The first-order valence-electron chi connectivity index (χ1n) is 8.88. The van der Waals surface area contributed by atoms with Crippen LogP contribution in [0.1, 0.15) is 19.8 Å². The van der Waals surface area contributed by atoms with Crippen LogP contribution < -0.4 is 4.90 Å². The van der Waals surface area contributed by atoms with Crippen LogP contribution in [0.4, 0.5) is 10.3 Å². The van der Waals surface area contributed by atoms with Gasteiger partial charge in [-0.1, -0.05) is 19.1 Å². The molecule has 0 aliphatic carbocycles. The lowest BCUT2D eigenvalue weighted by Crippen LogP contribution is -2.38. The number of ether oxygens (including phenoxy) is 1. The molecule has 0 N–H and O–H groups in total. The Kier molecular flexibility index (Phi) is 4.94. The number of anilines is 1. The van der Waals surface area contributed by atoms with Crippen LogP contribution in [0.5, 0.6) is 0 Å². The highest BCUT2D eigenvalue weighted by Gasteiger charge is 2.27. The fourth-order valence-electron chi connectivity index (χ4n) is 3.53. The monoisotopic (exact) mass is 362 g/mol. The molecule has 0 saturated carbocycles. The van der Waals surface area contributed by atoms with E-state index in [2.05, 4.69) is 26.6 Å². The predicted molar refractivity (Wildman–Crippen MR) is 98.5 cm³/mol. The van der Waals surface area contributed by atoms with Gasteiger partial charge in [0.25, 0.3) is 0 Å². The van der Waals surface area contributed by atoms with Gasteiger partial charge in [0.2, 0.25) is 5.95 Å². The van der Waals surface area contributed by atoms with Crippen molar-refractivity contribution in [3.05, 3.63) is 30.1 Å². The highest BCUT2D eigenvalue weighted by molar-refractivity contribution is 8.00. The van der Waals surface area contributed by atoms with E-state index in [9.17, 15) is 4.39 Å². The molecule has 3 heterocycles. The Labute approximate surface area is 151 Å². The van der Waals surface area contributed by atoms with Gasteiger partial charge >= 0.3 is 0 Å². The zero-order chi connectivity index (χ0) is 17.2. The van der Waals surface area contributed by atoms with Crippen molar-refractivity contribution in [2.24, 2.45) is 0 Å². The fraction of sp³-hybridized carbons (Fsp3) is 0.556. The zero-order valence-corrected chi connectivity index (χ0v) is 15.2. The summed E-state index contributed by atoms with van der Waals surface area (Å²) in [5.74, 6) is 2.23. The Morgan fingerprint density at radius 3 is 2.96 bits per heavy atom. The van der Waals surface area contributed by atoms with E-state index in [-0.39, 0.29) is 11.9 Å². The molecule has 2 fully saturated rings. The summed E-state index contributed by atoms with van der Waals surface area (Å²) in [4.78, 5) is 2.27. The van der Waals surface area contributed by atoms with Crippen LogP contribution in [0.25, 0.3) is 11.4 Å². The third-order valence-electron chi connectivity index (χ3n) is 4.78. The van der Waals surface area contributed by atoms with Crippen molar-refractivity contribution in [1.82, 2.24) is 14.8 Å². The normalized spacial score (nSPS) is 24.0. The van der Waals surface area contributed by atoms with Gasteiger partial charge in [-0.2, -0.15) is 11.8 Å². The first kappa shape index (κ1) is 16.8. The van der Waals surface area contributed by atoms with Crippen molar-refractivity contribution in [1.29, 1.82) is 0 Å². The second-order valence-corrected chi connectivity index (χ2v) is 8.22. The minimum absolute atomic E-state index is 0.150. The first-order chi connectivity index (χ1) is 12.2. The highest BCUT2D eigenvalue weighted by atomic mass is 32.2. The molecule has 1 aromatic heterocycles. The van der Waals surface area contributed by atoms with Crippen molar-refractivity contribution in [3.63, 3.8) is 0 Å². The lowest BCUT2D eigenvalue weighted by Gasteiger charge is -2.31. The van der Waals surface area contributed by atoms with E-state index in [4.69, 9.17) is 4.74 Å². The fourth-order valence-corrected chi connectivity index (χ4v) is 4.54. The third-order valence-corrected chi connectivity index (χ3v) is 5.92. The SMILES string of the molecule is CC1CN(c2nnc(-c3ccccc3F)n2CC2CCCO2)CCS1. The van der Waals surface area contributed by atoms with Crippen LogP contribution in [0.2, 0.25) is 0 Å². The second kappa shape index (κ2) is 7.33. The zero-order valence-electron chi connectivity index (χ0n) is 14.4. The predicted octanol–water partition coefficient (Wildman–Crippen LogP) is 3.20. The average Bonchev–Trinajstić information content (AvgIpc) is 3.26. The maximum absolute atomic E-state index is 14.4. The molecule has 2 aliphatic heterocycles. The van der Waals surface area contributed by atoms with E-state index in [1.165, 1.54) is 6.07 Å². The van der Waals surface area contributed by atoms with Gasteiger partial charge in [0.05, 0.1) is 18.2 Å². The number of aromatic nitrogens is 3. The Balaban J connectivity index is 1.72. The van der Waals surface area contributed by atoms with Gasteiger partial charge < -0.3 is 9.64 Å². The summed E-state index contributed by atoms with van der Waals surface area (Å²) in [5.41, 5.74) is 0.499. The number of hydrogen-bond acceptors (Lipinski definition) is 5. The van der Waals surface area contributed by atoms with Crippen LogP contribution in [-0.2, 0) is 11.3 Å². The number of halogens is 1. The molecule has 2 saturated heterocycles. The summed E-state index contributed by atoms with van der Waals surface area (Å²) < 4.78 is 22.2. The highest BCUT2D eigenvalue weighted by Crippen LogP contribution is 2.29. The quantitative estimate of drug-likeness (QED) is 0.836. The number of hydrogen-bond donors (Lipinski definition) is 0. The topological polar surface area (TPSA) is 43.2 Å². The second-order valence-electron chi connectivity index (χ2n) is 6.68. The smallest absolute Gasteiger partial charge is 0.227 e. The van der Waals surface area contributed by atoms with Gasteiger partial charge in [0.15, 0.2) is 5.82 Å². The summed E-state index contributed by atoms with van der Waals surface area (Å²) in [6.07, 6.45) is 2.26. The molecule has 0 bridgehead atoms. The van der Waals surface area contributed by atoms with Gasteiger partial charge in [-0.3, -0.25) is 4.57 Å². The van der Waals surface area contributed by atoms with Gasteiger partial charge in [-0.05, 0) is 25.0 Å². The molecule has 4 rings (SSSR count). The molecule has 0 amide bonds. The summed E-state index contributed by atoms with van der Waals surface area (Å²) in [7, 11) is 0. The van der Waals surface area contributed by atoms with Crippen molar-refractivity contribution in [2.45, 2.75) is 37.7 Å². The lowest BCUT2D eigenvalue weighted by molar-refractivity contribution is 0.0975. The van der Waals surface area contributed by atoms with Crippen molar-refractivity contribution in [2.75, 3.05) is 30.3 Å². The molecular formula is C18H23FN4OS. The van der Waals surface area contributed by atoms with Gasteiger partial charge in [0, 0.05) is 30.7 Å². The Morgan fingerprint density at radius 1 is 1.32 bits per heavy atom. The van der Waals surface area contributed by atoms with Crippen LogP contribution in [0.3, 0.4) is 0 Å². The van der Waals surface area contributed by atoms with Crippen LogP contribution >= 0.6 is 11.8 Å². The van der Waals surface area contributed by atoms with E-state index < -0.39 is 0 Å². The molecule has 0 radical (unpaired) electrons. The van der Waals surface area contributed by atoms with Crippen molar-refractivity contribution < 1.29 is 9.13 Å². The minimum atomic E-state index is -0.266. The maximum atomic E-state index is 14.4. The number of rotatable bonds is 4. The Hall–Kier alpha value is -1.60. The first-order valence-corrected chi connectivity index (χ1v) is 9.93. The molecule has 134 valence electrons. The van der Waals surface area contributed by atoms with Crippen molar-refractivity contribution in [3.8, 4) is 11.4 Å². The molecule has 25 heavy (non-hydrogen) atoms. The maximum Gasteiger partial charge on any atom is 0.227 e. The van der Waals surface area contributed by atoms with Gasteiger partial charge in [0.1, 0.15) is 5.82 Å². The van der Waals surface area contributed by atoms with Gasteiger partial charge in [-0.15, -0.1) is 10.2 Å². The summed E-state index contributed by atoms with van der Waals surface area (Å²) in [6.45, 7) is 5.58. The molecule has 2 unspecified atom stereocenters. The van der Waals surface area contributed by atoms with Crippen LogP contribution in [-0.4, -0.2) is 51.6 Å². The van der Waals surface area contributed by atoms with Gasteiger partial charge in [-0.25, -0.2) is 4.39 Å². The molecule has 2 aromatic rings. The summed E-state index contributed by atoms with van der Waals surface area (Å²) >= 11 is 1.98. The van der Waals surface area contributed by atoms with Crippen molar-refractivity contribution >= 4 is 17.7 Å². The summed E-state index contributed by atoms with van der Waals surface area (Å²) in [5, 5.41) is 9.35. The summed E-state index contributed by atoms with van der Waals surface area (Å²) in [6, 6.07) is 6.77. The largest absolute Gasteiger partial charge is 0.376 e. The van der Waals surface area contributed by atoms with E-state index in [0.29, 0.717) is 23.2 Å². The Bertz CT molecular complexity index is 732. The standard InChI is InChI=1S/C18H23FN4OS/c1-13-11-22(8-10-25-13)18-21-20-17(15-6-2-3-7-16(15)19)23(18)12-14-5-4-9-24-14/h2-3,6-7,13-14H,4-5,8-12H2,1H3. The molecule has 2 aliphatic rings. The molecule has 2 atom stereocenters. The van der Waals surface area contributed by atoms with E-state index in [1.54, 1.807) is 12.1 Å². The van der Waals surface area contributed by atoms with Crippen LogP contribution in [0, 0.1) is 5.82 Å².